The van der Waals surface area contributed by atoms with E-state index in [9.17, 15) is 4.79 Å². The molecule has 2 aromatic carbocycles. The number of rotatable bonds is 8. The average molecular weight is 407 g/mol. The molecule has 8 heteroatoms. The Morgan fingerprint density at radius 2 is 1.97 bits per heavy atom. The third-order valence-corrected chi connectivity index (χ3v) is 5.34. The average Bonchev–Trinajstić information content (AvgIpc) is 3.41. The van der Waals surface area contributed by atoms with Crippen LogP contribution in [0.5, 0.6) is 5.75 Å². The number of anilines is 1. The van der Waals surface area contributed by atoms with Crippen LogP contribution in [0.15, 0.2) is 54.6 Å². The van der Waals surface area contributed by atoms with E-state index in [1.807, 2.05) is 36.4 Å². The molecule has 4 aromatic rings. The minimum atomic E-state index is -0.170. The van der Waals surface area contributed by atoms with E-state index >= 15 is 0 Å². The number of methoxy groups -OCH3 is 1. The summed E-state index contributed by atoms with van der Waals surface area (Å²) in [4.78, 5) is 12.3. The zero-order valence-electron chi connectivity index (χ0n) is 15.9. The first kappa shape index (κ1) is 18.9. The number of aromatic nitrogens is 3. The number of ether oxygens (including phenoxy) is 1. The Balaban J connectivity index is 1.25. The maximum absolute atomic E-state index is 12.3. The molecule has 0 aliphatic heterocycles. The van der Waals surface area contributed by atoms with Crippen molar-refractivity contribution < 1.29 is 9.53 Å². The fourth-order valence-corrected chi connectivity index (χ4v) is 3.71. The van der Waals surface area contributed by atoms with Crippen LogP contribution in [0.4, 0.5) is 5.82 Å². The molecule has 0 spiro atoms. The quantitative estimate of drug-likeness (QED) is 0.385. The van der Waals surface area contributed by atoms with Gasteiger partial charge in [0.2, 0.25) is 0 Å². The molecule has 0 radical (unpaired) electrons. The number of fused-ring (bicyclic) bond motifs is 1. The standard InChI is InChI=1S/C21H21N5O2S/c1-28-15-9-7-14(8-10-15)17-13-18(25-24-17)21(27)23-12-4-11-22-20-16-5-2-3-6-19(16)29-26-20/h2-3,5-10,13H,4,11-12H2,1H3,(H,22,26)(H,23,27)(H,24,25). The smallest absolute Gasteiger partial charge is 0.269 e. The third-order valence-electron chi connectivity index (χ3n) is 4.52. The van der Waals surface area contributed by atoms with Gasteiger partial charge in [-0.15, -0.1) is 0 Å². The number of aromatic amines is 1. The molecule has 0 saturated heterocycles. The summed E-state index contributed by atoms with van der Waals surface area (Å²) < 4.78 is 10.8. The van der Waals surface area contributed by atoms with E-state index in [-0.39, 0.29) is 5.91 Å². The number of carbonyl (C=O) groups is 1. The Bertz CT molecular complexity index is 1100. The first-order valence-corrected chi connectivity index (χ1v) is 10.1. The van der Waals surface area contributed by atoms with Crippen LogP contribution < -0.4 is 15.4 Å². The van der Waals surface area contributed by atoms with Gasteiger partial charge in [-0.25, -0.2) is 0 Å². The first-order valence-electron chi connectivity index (χ1n) is 9.31. The first-order chi connectivity index (χ1) is 14.2. The minimum absolute atomic E-state index is 0.170. The molecule has 2 heterocycles. The van der Waals surface area contributed by atoms with Crippen LogP contribution in [-0.2, 0) is 0 Å². The predicted molar refractivity (Wildman–Crippen MR) is 116 cm³/mol. The fourth-order valence-electron chi connectivity index (χ4n) is 2.95. The van der Waals surface area contributed by atoms with Gasteiger partial charge >= 0.3 is 0 Å². The molecular weight excluding hydrogens is 386 g/mol. The van der Waals surface area contributed by atoms with Crippen molar-refractivity contribution in [3.63, 3.8) is 0 Å². The van der Waals surface area contributed by atoms with Crippen LogP contribution in [0.1, 0.15) is 16.9 Å². The highest BCUT2D eigenvalue weighted by molar-refractivity contribution is 7.13. The molecule has 0 aliphatic rings. The van der Waals surface area contributed by atoms with Gasteiger partial charge in [-0.05, 0) is 60.4 Å². The van der Waals surface area contributed by atoms with E-state index in [2.05, 4.69) is 37.3 Å². The molecule has 0 saturated carbocycles. The number of hydrogen-bond acceptors (Lipinski definition) is 6. The van der Waals surface area contributed by atoms with E-state index in [1.54, 1.807) is 13.2 Å². The summed E-state index contributed by atoms with van der Waals surface area (Å²) >= 11 is 1.48. The van der Waals surface area contributed by atoms with Crippen LogP contribution in [0.25, 0.3) is 21.3 Å². The van der Waals surface area contributed by atoms with Crippen LogP contribution in [0, 0.1) is 0 Å². The van der Waals surface area contributed by atoms with Gasteiger partial charge in [0.05, 0.1) is 17.5 Å². The summed E-state index contributed by atoms with van der Waals surface area (Å²) in [5, 5.41) is 14.4. The van der Waals surface area contributed by atoms with Gasteiger partial charge in [0.15, 0.2) is 0 Å². The van der Waals surface area contributed by atoms with Crippen molar-refractivity contribution >= 4 is 33.3 Å². The number of carbonyl (C=O) groups excluding carboxylic acids is 1. The molecule has 0 atom stereocenters. The topological polar surface area (TPSA) is 91.9 Å². The highest BCUT2D eigenvalue weighted by atomic mass is 32.1. The van der Waals surface area contributed by atoms with Gasteiger partial charge < -0.3 is 15.4 Å². The number of benzene rings is 2. The lowest BCUT2D eigenvalue weighted by Gasteiger charge is -2.05. The highest BCUT2D eigenvalue weighted by Gasteiger charge is 2.11. The largest absolute Gasteiger partial charge is 0.497 e. The molecule has 29 heavy (non-hydrogen) atoms. The lowest BCUT2D eigenvalue weighted by atomic mass is 10.1. The summed E-state index contributed by atoms with van der Waals surface area (Å²) in [5.41, 5.74) is 2.07. The van der Waals surface area contributed by atoms with Gasteiger partial charge in [0.1, 0.15) is 17.3 Å². The lowest BCUT2D eigenvalue weighted by Crippen LogP contribution is -2.26. The SMILES string of the molecule is COc1ccc(-c2cc(C(=O)NCCCNc3nsc4ccccc34)[nH]n2)cc1. The molecule has 2 aromatic heterocycles. The Labute approximate surface area is 172 Å². The van der Waals surface area contributed by atoms with Crippen LogP contribution in [-0.4, -0.2) is 40.7 Å². The molecular formula is C21H21N5O2S. The summed E-state index contributed by atoms with van der Waals surface area (Å²) in [7, 11) is 1.63. The van der Waals surface area contributed by atoms with E-state index in [0.29, 0.717) is 12.2 Å². The van der Waals surface area contributed by atoms with Crippen LogP contribution in [0.3, 0.4) is 0 Å². The van der Waals surface area contributed by atoms with Crippen molar-refractivity contribution in [2.24, 2.45) is 0 Å². The second-order valence-electron chi connectivity index (χ2n) is 6.46. The number of nitrogens with zero attached hydrogens (tertiary/aromatic N) is 2. The molecule has 4 rings (SSSR count). The fraction of sp³-hybridized carbons (Fsp3) is 0.190. The maximum atomic E-state index is 12.3. The molecule has 0 aliphatic carbocycles. The second-order valence-corrected chi connectivity index (χ2v) is 7.26. The van der Waals surface area contributed by atoms with Crippen molar-refractivity contribution in [3.05, 3.63) is 60.3 Å². The molecule has 1 amide bonds. The summed E-state index contributed by atoms with van der Waals surface area (Å²) in [6, 6.07) is 17.4. The summed E-state index contributed by atoms with van der Waals surface area (Å²) in [6.45, 7) is 1.29. The molecule has 0 unspecified atom stereocenters. The van der Waals surface area contributed by atoms with Crippen molar-refractivity contribution in [2.45, 2.75) is 6.42 Å². The van der Waals surface area contributed by atoms with E-state index < -0.39 is 0 Å². The monoisotopic (exact) mass is 407 g/mol. The Hall–Kier alpha value is -3.39. The molecule has 7 nitrogen and oxygen atoms in total. The van der Waals surface area contributed by atoms with Crippen molar-refractivity contribution in [3.8, 4) is 17.0 Å². The van der Waals surface area contributed by atoms with E-state index in [0.717, 1.165) is 45.9 Å². The Morgan fingerprint density at radius 1 is 1.14 bits per heavy atom. The van der Waals surface area contributed by atoms with Crippen molar-refractivity contribution in [2.75, 3.05) is 25.5 Å². The zero-order chi connectivity index (χ0) is 20.1. The molecule has 148 valence electrons. The van der Waals surface area contributed by atoms with Gasteiger partial charge in [0.25, 0.3) is 5.91 Å². The minimum Gasteiger partial charge on any atom is -0.497 e. The lowest BCUT2D eigenvalue weighted by molar-refractivity contribution is 0.0948. The van der Waals surface area contributed by atoms with E-state index in [4.69, 9.17) is 4.74 Å². The molecule has 0 fully saturated rings. The third kappa shape index (κ3) is 4.38. The summed E-state index contributed by atoms with van der Waals surface area (Å²) in [6.07, 6.45) is 0.789. The number of hydrogen-bond donors (Lipinski definition) is 3. The van der Waals surface area contributed by atoms with E-state index in [1.165, 1.54) is 11.5 Å². The number of nitrogens with one attached hydrogen (secondary N) is 3. The number of amides is 1. The van der Waals surface area contributed by atoms with Gasteiger partial charge in [0, 0.05) is 24.0 Å². The molecule has 3 N–H and O–H groups in total. The summed E-state index contributed by atoms with van der Waals surface area (Å²) in [5.74, 6) is 1.51. The van der Waals surface area contributed by atoms with Crippen LogP contribution >= 0.6 is 11.5 Å². The van der Waals surface area contributed by atoms with Gasteiger partial charge in [-0.3, -0.25) is 9.89 Å². The van der Waals surface area contributed by atoms with Crippen molar-refractivity contribution in [1.29, 1.82) is 0 Å². The van der Waals surface area contributed by atoms with Gasteiger partial charge in [-0.2, -0.15) is 9.47 Å². The second kappa shape index (κ2) is 8.74. The predicted octanol–water partition coefficient (Wildman–Crippen LogP) is 3.93. The molecule has 0 bridgehead atoms. The Kier molecular flexibility index (Phi) is 5.71. The Morgan fingerprint density at radius 3 is 2.79 bits per heavy atom. The normalized spacial score (nSPS) is 10.8. The maximum Gasteiger partial charge on any atom is 0.269 e. The van der Waals surface area contributed by atoms with Gasteiger partial charge in [-0.1, -0.05) is 12.1 Å². The zero-order valence-corrected chi connectivity index (χ0v) is 16.8. The number of H-pyrrole nitrogens is 1. The highest BCUT2D eigenvalue weighted by Crippen LogP contribution is 2.26. The van der Waals surface area contributed by atoms with Crippen LogP contribution in [0.2, 0.25) is 0 Å². The van der Waals surface area contributed by atoms with Crippen molar-refractivity contribution in [1.82, 2.24) is 19.9 Å².